The van der Waals surface area contributed by atoms with Crippen molar-refractivity contribution in [1.29, 1.82) is 5.26 Å². The van der Waals surface area contributed by atoms with E-state index in [0.29, 0.717) is 78.2 Å². The number of anilines is 1. The molecule has 8 nitrogen and oxygen atoms in total. The van der Waals surface area contributed by atoms with E-state index in [1.54, 1.807) is 29.4 Å². The number of amides is 1. The van der Waals surface area contributed by atoms with Crippen molar-refractivity contribution in [2.24, 2.45) is 5.92 Å². The number of hydrogen-bond acceptors (Lipinski definition) is 8. The number of pyridine rings is 1. The lowest BCUT2D eigenvalue weighted by atomic mass is 9.95. The molecule has 0 spiro atoms. The summed E-state index contributed by atoms with van der Waals surface area (Å²) in [5.74, 6) is 0.177. The molecule has 0 N–H and O–H groups in total. The highest BCUT2D eigenvalue weighted by Crippen LogP contribution is 2.37. The second kappa shape index (κ2) is 11.9. The molecule has 0 aliphatic carbocycles. The molecule has 0 unspecified atom stereocenters. The summed E-state index contributed by atoms with van der Waals surface area (Å²) in [4.78, 5) is 42.8. The molecule has 2 fully saturated rings. The van der Waals surface area contributed by atoms with E-state index in [1.807, 2.05) is 13.8 Å². The monoisotopic (exact) mass is 516 g/mol. The lowest BCUT2D eigenvalue weighted by molar-refractivity contribution is -0.148. The summed E-state index contributed by atoms with van der Waals surface area (Å²) in [6.07, 6.45) is 4.49. The van der Waals surface area contributed by atoms with Gasteiger partial charge in [-0.1, -0.05) is 37.8 Å². The minimum Gasteiger partial charge on any atom is -0.466 e. The van der Waals surface area contributed by atoms with Crippen LogP contribution in [0, 0.1) is 24.2 Å². The maximum absolute atomic E-state index is 13.3. The maximum atomic E-state index is 13.3. The molecule has 0 bridgehead atoms. The molecule has 3 rings (SSSR count). The molecule has 2 aliphatic rings. The molecule has 0 saturated carbocycles. The number of carbonyl (C=O) groups excluding carboxylic acids is 2. The third kappa shape index (κ3) is 5.46. The molecule has 2 aliphatic heterocycles. The van der Waals surface area contributed by atoms with Crippen molar-refractivity contribution in [3.05, 3.63) is 31.9 Å². The number of nitrogens with zero attached hydrogens (tertiary/aromatic N) is 4. The van der Waals surface area contributed by atoms with Crippen LogP contribution >= 0.6 is 24.0 Å². The fourth-order valence-electron chi connectivity index (χ4n) is 4.55. The van der Waals surface area contributed by atoms with Gasteiger partial charge in [-0.2, -0.15) is 5.26 Å². The van der Waals surface area contributed by atoms with Crippen LogP contribution in [0.15, 0.2) is 9.70 Å². The molecule has 1 amide bonds. The van der Waals surface area contributed by atoms with Gasteiger partial charge >= 0.3 is 5.97 Å². The van der Waals surface area contributed by atoms with Gasteiger partial charge in [-0.3, -0.25) is 23.9 Å². The summed E-state index contributed by atoms with van der Waals surface area (Å²) >= 11 is 6.67. The minimum absolute atomic E-state index is 0.0823. The highest BCUT2D eigenvalue weighted by Gasteiger charge is 2.34. The van der Waals surface area contributed by atoms with Crippen molar-refractivity contribution in [1.82, 2.24) is 9.47 Å². The lowest BCUT2D eigenvalue weighted by Gasteiger charge is -2.35. The quantitative estimate of drug-likeness (QED) is 0.292. The average Bonchev–Trinajstić information content (AvgIpc) is 3.10. The SMILES string of the molecule is CCCN1C(=O)C(=Cc2c(C)c(C#N)c(=O)n(CCC)c2N2CCC(C(=O)OCC)CC2)SC1=S. The first-order chi connectivity index (χ1) is 16.8. The van der Waals surface area contributed by atoms with Crippen LogP contribution in [0.5, 0.6) is 0 Å². The third-order valence-electron chi connectivity index (χ3n) is 6.30. The van der Waals surface area contributed by atoms with E-state index in [9.17, 15) is 19.6 Å². The minimum atomic E-state index is -0.329. The molecule has 1 aromatic heterocycles. The number of nitriles is 1. The Kier molecular flexibility index (Phi) is 9.14. The summed E-state index contributed by atoms with van der Waals surface area (Å²) < 4.78 is 7.36. The van der Waals surface area contributed by atoms with Gasteiger partial charge in [0.15, 0.2) is 0 Å². The third-order valence-corrected chi connectivity index (χ3v) is 7.68. The van der Waals surface area contributed by atoms with E-state index in [2.05, 4.69) is 11.0 Å². The molecule has 10 heteroatoms. The molecular formula is C25H32N4O4S2. The molecule has 0 aromatic carbocycles. The van der Waals surface area contributed by atoms with Gasteiger partial charge in [0.2, 0.25) is 0 Å². The van der Waals surface area contributed by atoms with Crippen LogP contribution in [0.3, 0.4) is 0 Å². The number of thiocarbonyl (C=S) groups is 1. The standard InChI is InChI=1S/C25H32N4O4S2/c1-5-10-28-21(27-12-8-17(9-13-27)24(32)33-7-3)18(16(4)19(15-26)22(28)30)14-20-23(31)29(11-6-2)25(34)35-20/h14,17H,5-13H2,1-4H3. The topological polar surface area (TPSA) is 95.6 Å². The zero-order chi connectivity index (χ0) is 25.7. The maximum Gasteiger partial charge on any atom is 0.309 e. The smallest absolute Gasteiger partial charge is 0.309 e. The van der Waals surface area contributed by atoms with E-state index < -0.39 is 0 Å². The first-order valence-electron chi connectivity index (χ1n) is 12.1. The van der Waals surface area contributed by atoms with Crippen molar-refractivity contribution in [3.63, 3.8) is 0 Å². The first kappa shape index (κ1) is 27.0. The van der Waals surface area contributed by atoms with E-state index in [-0.39, 0.29) is 28.9 Å². The Morgan fingerprint density at radius 2 is 1.86 bits per heavy atom. The zero-order valence-electron chi connectivity index (χ0n) is 20.8. The molecule has 0 atom stereocenters. The second-order valence-electron chi connectivity index (χ2n) is 8.65. The van der Waals surface area contributed by atoms with Gasteiger partial charge < -0.3 is 9.64 Å². The van der Waals surface area contributed by atoms with Crippen LogP contribution < -0.4 is 10.5 Å². The van der Waals surface area contributed by atoms with Gasteiger partial charge in [0.25, 0.3) is 11.5 Å². The Labute approximate surface area is 215 Å². The number of piperidine rings is 1. The Morgan fingerprint density at radius 3 is 2.43 bits per heavy atom. The number of carbonyl (C=O) groups is 2. The zero-order valence-corrected chi connectivity index (χ0v) is 22.4. The van der Waals surface area contributed by atoms with Crippen molar-refractivity contribution in [3.8, 4) is 6.07 Å². The number of hydrogen-bond donors (Lipinski definition) is 0. The van der Waals surface area contributed by atoms with E-state index >= 15 is 0 Å². The second-order valence-corrected chi connectivity index (χ2v) is 10.3. The van der Waals surface area contributed by atoms with Gasteiger partial charge in [-0.25, -0.2) is 0 Å². The Balaban J connectivity index is 2.12. The van der Waals surface area contributed by atoms with Crippen molar-refractivity contribution in [2.45, 2.75) is 59.9 Å². The van der Waals surface area contributed by atoms with Gasteiger partial charge in [-0.15, -0.1) is 0 Å². The molecule has 2 saturated heterocycles. The van der Waals surface area contributed by atoms with Crippen LogP contribution in [0.4, 0.5) is 5.82 Å². The molecular weight excluding hydrogens is 484 g/mol. The van der Waals surface area contributed by atoms with E-state index in [4.69, 9.17) is 17.0 Å². The summed E-state index contributed by atoms with van der Waals surface area (Å²) in [7, 11) is 0. The Hall–Kier alpha value is -2.64. The van der Waals surface area contributed by atoms with Gasteiger partial charge in [0, 0.05) is 31.7 Å². The van der Waals surface area contributed by atoms with Crippen molar-refractivity contribution >= 4 is 52.1 Å². The normalized spacial score (nSPS) is 17.9. The number of esters is 1. The van der Waals surface area contributed by atoms with Crippen LogP contribution in [-0.2, 0) is 20.9 Å². The molecule has 35 heavy (non-hydrogen) atoms. The number of ether oxygens (including phenoxy) is 1. The number of aromatic nitrogens is 1. The van der Waals surface area contributed by atoms with E-state index in [0.717, 1.165) is 6.42 Å². The molecule has 188 valence electrons. The average molecular weight is 517 g/mol. The van der Waals surface area contributed by atoms with Crippen LogP contribution in [-0.4, -0.2) is 51.9 Å². The first-order valence-corrected chi connectivity index (χ1v) is 13.4. The molecule has 1 aromatic rings. The summed E-state index contributed by atoms with van der Waals surface area (Å²) in [5, 5.41) is 9.78. The highest BCUT2D eigenvalue weighted by molar-refractivity contribution is 8.26. The molecule has 3 heterocycles. The van der Waals surface area contributed by atoms with Crippen molar-refractivity contribution < 1.29 is 14.3 Å². The van der Waals surface area contributed by atoms with Gasteiger partial charge in [0.1, 0.15) is 21.8 Å². The fourth-order valence-corrected chi connectivity index (χ4v) is 5.84. The Bertz CT molecular complexity index is 1140. The highest BCUT2D eigenvalue weighted by atomic mass is 32.2. The predicted octanol–water partition coefficient (Wildman–Crippen LogP) is 3.83. The van der Waals surface area contributed by atoms with Gasteiger partial charge in [-0.05, 0) is 51.2 Å². The van der Waals surface area contributed by atoms with E-state index in [1.165, 1.54) is 11.8 Å². The van der Waals surface area contributed by atoms with Crippen LogP contribution in [0.25, 0.3) is 6.08 Å². The number of thioether (sulfide) groups is 1. The fraction of sp³-hybridized carbons (Fsp3) is 0.560. The summed E-state index contributed by atoms with van der Waals surface area (Å²) in [6.45, 7) is 9.99. The van der Waals surface area contributed by atoms with Crippen LogP contribution in [0.1, 0.15) is 63.1 Å². The van der Waals surface area contributed by atoms with Crippen molar-refractivity contribution in [2.75, 3.05) is 31.1 Å². The predicted molar refractivity (Wildman–Crippen MR) is 142 cm³/mol. The summed E-state index contributed by atoms with van der Waals surface area (Å²) in [5.41, 5.74) is 0.984. The molecule has 0 radical (unpaired) electrons. The van der Waals surface area contributed by atoms with Gasteiger partial charge in [0.05, 0.1) is 17.4 Å². The lowest BCUT2D eigenvalue weighted by Crippen LogP contribution is -2.41. The largest absolute Gasteiger partial charge is 0.466 e. The number of rotatable bonds is 8. The summed E-state index contributed by atoms with van der Waals surface area (Å²) in [6, 6.07) is 2.07. The Morgan fingerprint density at radius 1 is 1.20 bits per heavy atom. The van der Waals surface area contributed by atoms with Crippen LogP contribution in [0.2, 0.25) is 0 Å².